The Labute approximate surface area is 118 Å². The highest BCUT2D eigenvalue weighted by molar-refractivity contribution is 7.99. The van der Waals surface area contributed by atoms with Crippen LogP contribution in [0.3, 0.4) is 0 Å². The van der Waals surface area contributed by atoms with Crippen LogP contribution in [0.2, 0.25) is 0 Å². The van der Waals surface area contributed by atoms with E-state index in [0.29, 0.717) is 18.8 Å². The second-order valence-electron chi connectivity index (χ2n) is 4.34. The van der Waals surface area contributed by atoms with Gasteiger partial charge in [0, 0.05) is 19.1 Å². The molecule has 0 fully saturated rings. The number of hydrogen-bond donors (Lipinski definition) is 2. The van der Waals surface area contributed by atoms with E-state index in [4.69, 9.17) is 5.73 Å². The maximum atomic E-state index is 11.8. The molecule has 0 saturated heterocycles. The molecule has 0 aliphatic carbocycles. The molecule has 0 radical (unpaired) electrons. The van der Waals surface area contributed by atoms with E-state index in [2.05, 4.69) is 29.4 Å². The Kier molecular flexibility index (Phi) is 6.86. The van der Waals surface area contributed by atoms with Gasteiger partial charge in [0.25, 0.3) is 0 Å². The van der Waals surface area contributed by atoms with Gasteiger partial charge in [-0.1, -0.05) is 25.6 Å². The first-order chi connectivity index (χ1) is 9.12. The summed E-state index contributed by atoms with van der Waals surface area (Å²) in [6.07, 6.45) is 1.91. The Morgan fingerprint density at radius 3 is 2.68 bits per heavy atom. The van der Waals surface area contributed by atoms with Gasteiger partial charge in [-0.05, 0) is 19.8 Å². The van der Waals surface area contributed by atoms with Crippen molar-refractivity contribution < 1.29 is 4.79 Å². The van der Waals surface area contributed by atoms with E-state index in [1.807, 2.05) is 11.5 Å². The van der Waals surface area contributed by atoms with Gasteiger partial charge in [0.05, 0.1) is 5.75 Å². The van der Waals surface area contributed by atoms with Gasteiger partial charge in [0.2, 0.25) is 5.91 Å². The van der Waals surface area contributed by atoms with Crippen LogP contribution in [-0.2, 0) is 11.3 Å². The van der Waals surface area contributed by atoms with Crippen molar-refractivity contribution >= 4 is 17.7 Å². The number of amides is 1. The molecule has 0 bridgehead atoms. The quantitative estimate of drug-likeness (QED) is 0.694. The largest absolute Gasteiger partial charge is 0.353 e. The van der Waals surface area contributed by atoms with Crippen LogP contribution in [0.5, 0.6) is 0 Å². The molecule has 0 saturated carbocycles. The molecule has 1 amide bonds. The molecule has 1 aromatic rings. The highest BCUT2D eigenvalue weighted by Gasteiger charge is 2.13. The predicted octanol–water partition coefficient (Wildman–Crippen LogP) is 0.942. The van der Waals surface area contributed by atoms with Crippen molar-refractivity contribution in [2.45, 2.75) is 51.4 Å². The van der Waals surface area contributed by atoms with Crippen molar-refractivity contribution in [3.05, 3.63) is 5.82 Å². The second kappa shape index (κ2) is 8.16. The topological polar surface area (TPSA) is 85.8 Å². The van der Waals surface area contributed by atoms with Crippen LogP contribution in [0.1, 0.15) is 32.5 Å². The van der Waals surface area contributed by atoms with Gasteiger partial charge in [-0.25, -0.2) is 0 Å². The summed E-state index contributed by atoms with van der Waals surface area (Å²) in [7, 11) is 0. The van der Waals surface area contributed by atoms with E-state index in [-0.39, 0.29) is 11.9 Å². The summed E-state index contributed by atoms with van der Waals surface area (Å²) in [5, 5.41) is 11.8. The van der Waals surface area contributed by atoms with Crippen LogP contribution in [0, 0.1) is 6.92 Å². The maximum Gasteiger partial charge on any atom is 0.230 e. The fourth-order valence-electron chi connectivity index (χ4n) is 1.75. The van der Waals surface area contributed by atoms with Crippen LogP contribution in [0.15, 0.2) is 5.16 Å². The Morgan fingerprint density at radius 1 is 1.42 bits per heavy atom. The van der Waals surface area contributed by atoms with E-state index in [0.717, 1.165) is 23.8 Å². The van der Waals surface area contributed by atoms with Crippen molar-refractivity contribution in [2.75, 3.05) is 12.3 Å². The molecule has 1 rings (SSSR count). The molecule has 19 heavy (non-hydrogen) atoms. The van der Waals surface area contributed by atoms with Gasteiger partial charge in [0.15, 0.2) is 5.16 Å². The van der Waals surface area contributed by atoms with Gasteiger partial charge in [-0.2, -0.15) is 0 Å². The third kappa shape index (κ3) is 4.83. The summed E-state index contributed by atoms with van der Waals surface area (Å²) in [6.45, 7) is 7.24. The first kappa shape index (κ1) is 16.0. The lowest BCUT2D eigenvalue weighted by molar-refractivity contribution is -0.119. The van der Waals surface area contributed by atoms with Crippen molar-refractivity contribution in [1.29, 1.82) is 0 Å². The first-order valence-corrected chi connectivity index (χ1v) is 7.62. The summed E-state index contributed by atoms with van der Waals surface area (Å²) < 4.78 is 1.94. The number of hydrogen-bond acceptors (Lipinski definition) is 5. The fourth-order valence-corrected chi connectivity index (χ4v) is 2.57. The molecule has 0 aliphatic rings. The maximum absolute atomic E-state index is 11.8. The number of nitrogens with zero attached hydrogens (tertiary/aromatic N) is 3. The summed E-state index contributed by atoms with van der Waals surface area (Å²) in [6, 6.07) is 0.261. The second-order valence-corrected chi connectivity index (χ2v) is 5.28. The van der Waals surface area contributed by atoms with Crippen LogP contribution in [0.25, 0.3) is 0 Å². The van der Waals surface area contributed by atoms with Crippen LogP contribution >= 0.6 is 11.8 Å². The molecule has 6 nitrogen and oxygen atoms in total. The molecule has 7 heteroatoms. The zero-order valence-electron chi connectivity index (χ0n) is 11.8. The standard InChI is InChI=1S/C12H23N5OS/c1-4-10(5-2)14-11(18)8-19-12-16-15-9(3)17(12)7-6-13/h10H,4-8,13H2,1-3H3,(H,14,18). The molecule has 0 atom stereocenters. The molecule has 0 aromatic carbocycles. The predicted molar refractivity (Wildman–Crippen MR) is 77.1 cm³/mol. The number of nitrogens with one attached hydrogen (secondary N) is 1. The zero-order valence-corrected chi connectivity index (χ0v) is 12.7. The summed E-state index contributed by atoms with van der Waals surface area (Å²) in [4.78, 5) is 11.8. The fraction of sp³-hybridized carbons (Fsp3) is 0.750. The lowest BCUT2D eigenvalue weighted by Gasteiger charge is -2.14. The van der Waals surface area contributed by atoms with Gasteiger partial charge < -0.3 is 15.6 Å². The van der Waals surface area contributed by atoms with Gasteiger partial charge in [-0.3, -0.25) is 4.79 Å². The summed E-state index contributed by atoms with van der Waals surface area (Å²) in [5.41, 5.74) is 5.55. The van der Waals surface area contributed by atoms with E-state index < -0.39 is 0 Å². The SMILES string of the molecule is CCC(CC)NC(=O)CSc1nnc(C)n1CCN. The van der Waals surface area contributed by atoms with Crippen LogP contribution < -0.4 is 11.1 Å². The lowest BCUT2D eigenvalue weighted by atomic mass is 10.2. The molecular weight excluding hydrogens is 262 g/mol. The van der Waals surface area contributed by atoms with Crippen LogP contribution in [0.4, 0.5) is 0 Å². The van der Waals surface area contributed by atoms with E-state index >= 15 is 0 Å². The van der Waals surface area contributed by atoms with Gasteiger partial charge in [-0.15, -0.1) is 10.2 Å². The van der Waals surface area contributed by atoms with Crippen LogP contribution in [-0.4, -0.2) is 39.0 Å². The zero-order chi connectivity index (χ0) is 14.3. The first-order valence-electron chi connectivity index (χ1n) is 6.64. The Morgan fingerprint density at radius 2 is 2.11 bits per heavy atom. The van der Waals surface area contributed by atoms with Crippen molar-refractivity contribution in [2.24, 2.45) is 5.73 Å². The highest BCUT2D eigenvalue weighted by Crippen LogP contribution is 2.16. The highest BCUT2D eigenvalue weighted by atomic mass is 32.2. The number of nitrogens with two attached hydrogens (primary N) is 1. The molecule has 0 aliphatic heterocycles. The number of rotatable bonds is 8. The Bertz CT molecular complexity index is 403. The summed E-state index contributed by atoms with van der Waals surface area (Å²) >= 11 is 1.40. The number of carbonyl (C=O) groups excluding carboxylic acids is 1. The molecule has 0 spiro atoms. The lowest BCUT2D eigenvalue weighted by Crippen LogP contribution is -2.35. The molecule has 0 unspecified atom stereocenters. The van der Waals surface area contributed by atoms with Crippen molar-refractivity contribution in [3.8, 4) is 0 Å². The number of aromatic nitrogens is 3. The van der Waals surface area contributed by atoms with E-state index in [1.165, 1.54) is 11.8 Å². The molecular formula is C12H23N5OS. The minimum atomic E-state index is 0.0404. The monoisotopic (exact) mass is 285 g/mol. The summed E-state index contributed by atoms with van der Waals surface area (Å²) in [5.74, 6) is 1.23. The minimum Gasteiger partial charge on any atom is -0.353 e. The minimum absolute atomic E-state index is 0.0404. The van der Waals surface area contributed by atoms with Crippen molar-refractivity contribution in [1.82, 2.24) is 20.1 Å². The number of aryl methyl sites for hydroxylation is 1. The number of thioether (sulfide) groups is 1. The van der Waals surface area contributed by atoms with Crippen molar-refractivity contribution in [3.63, 3.8) is 0 Å². The van der Waals surface area contributed by atoms with E-state index in [1.54, 1.807) is 0 Å². The Balaban J connectivity index is 2.50. The molecule has 108 valence electrons. The van der Waals surface area contributed by atoms with E-state index in [9.17, 15) is 4.79 Å². The number of carbonyl (C=O) groups is 1. The third-order valence-corrected chi connectivity index (χ3v) is 3.90. The smallest absolute Gasteiger partial charge is 0.230 e. The third-order valence-electron chi connectivity index (χ3n) is 2.94. The average Bonchev–Trinajstić information content (AvgIpc) is 2.75. The van der Waals surface area contributed by atoms with Gasteiger partial charge in [0.1, 0.15) is 5.82 Å². The molecule has 1 heterocycles. The average molecular weight is 285 g/mol. The van der Waals surface area contributed by atoms with Gasteiger partial charge >= 0.3 is 0 Å². The molecule has 3 N–H and O–H groups in total. The Hall–Kier alpha value is -1.08. The normalized spacial score (nSPS) is 11.0. The molecule has 1 aromatic heterocycles.